The van der Waals surface area contributed by atoms with Gasteiger partial charge in [0.1, 0.15) is 0 Å². The molecule has 322 valence electrons. The Kier molecular flexibility index (Phi) is 48.5. The molecule has 4 heteroatoms. The highest BCUT2D eigenvalue weighted by atomic mass is 16.5. The molecule has 0 spiro atoms. The van der Waals surface area contributed by atoms with Crippen molar-refractivity contribution in [3.05, 3.63) is 12.2 Å². The van der Waals surface area contributed by atoms with Crippen molar-refractivity contribution in [2.75, 3.05) is 13.2 Å². The molecule has 0 aliphatic heterocycles. The second-order valence-electron chi connectivity index (χ2n) is 16.5. The van der Waals surface area contributed by atoms with E-state index in [2.05, 4.69) is 53.7 Å². The minimum absolute atomic E-state index is 0.00701. The van der Waals surface area contributed by atoms with Crippen molar-refractivity contribution < 1.29 is 19.1 Å². The molecule has 0 aromatic rings. The molecule has 2 unspecified atom stereocenters. The summed E-state index contributed by atoms with van der Waals surface area (Å²) in [4.78, 5) is 23.7. The zero-order chi connectivity index (χ0) is 40.0. The Hall–Kier alpha value is -1.32. The first kappa shape index (κ1) is 54.8. The van der Waals surface area contributed by atoms with Gasteiger partial charge in [-0.15, -0.1) is 0 Å². The van der Waals surface area contributed by atoms with E-state index in [0.29, 0.717) is 37.9 Å². The second-order valence-corrected chi connectivity index (χ2v) is 16.5. The summed E-state index contributed by atoms with van der Waals surface area (Å²) in [6.45, 7) is 14.6. The Balaban J connectivity index is 0. The Morgan fingerprint density at radius 1 is 0.370 bits per heavy atom. The second kappa shape index (κ2) is 47.8. The van der Waals surface area contributed by atoms with Crippen LogP contribution >= 0.6 is 0 Å². The average molecular weight is 763 g/mol. The summed E-state index contributed by atoms with van der Waals surface area (Å²) < 4.78 is 10.9. The van der Waals surface area contributed by atoms with Crippen molar-refractivity contribution in [1.82, 2.24) is 0 Å². The highest BCUT2D eigenvalue weighted by Gasteiger charge is 2.11. The molecular weight excluding hydrogens is 665 g/mol. The molecule has 0 fully saturated rings. The summed E-state index contributed by atoms with van der Waals surface area (Å²) in [6.07, 6.45) is 49.7. The SMILES string of the molecule is CCCCCCCCC=CCCCCCCCC(=O)OCC(CC)CCCC.CCCCCCCCCCCCCCCC(=O)OCC(CC)CCCC. The maximum atomic E-state index is 11.8. The van der Waals surface area contributed by atoms with Crippen LogP contribution in [0.2, 0.25) is 0 Å². The van der Waals surface area contributed by atoms with Gasteiger partial charge in [-0.2, -0.15) is 0 Å². The average Bonchev–Trinajstić information content (AvgIpc) is 3.18. The van der Waals surface area contributed by atoms with E-state index in [1.807, 2.05) is 0 Å². The van der Waals surface area contributed by atoms with Crippen molar-refractivity contribution in [3.8, 4) is 0 Å². The number of hydrogen-bond acceptors (Lipinski definition) is 4. The van der Waals surface area contributed by atoms with Crippen LogP contribution in [0.25, 0.3) is 0 Å². The van der Waals surface area contributed by atoms with Crippen LogP contribution in [-0.4, -0.2) is 25.2 Å². The monoisotopic (exact) mass is 763 g/mol. The lowest BCUT2D eigenvalue weighted by Crippen LogP contribution is -2.13. The Morgan fingerprint density at radius 3 is 0.944 bits per heavy atom. The van der Waals surface area contributed by atoms with Crippen molar-refractivity contribution >= 4 is 11.9 Å². The molecule has 4 nitrogen and oxygen atoms in total. The van der Waals surface area contributed by atoms with Gasteiger partial charge in [0.05, 0.1) is 13.2 Å². The third-order valence-electron chi connectivity index (χ3n) is 11.2. The molecule has 54 heavy (non-hydrogen) atoms. The van der Waals surface area contributed by atoms with Gasteiger partial charge in [-0.25, -0.2) is 0 Å². The lowest BCUT2D eigenvalue weighted by atomic mass is 10.0. The number of unbranched alkanes of at least 4 members (excludes halogenated alkanes) is 25. The van der Waals surface area contributed by atoms with Crippen molar-refractivity contribution in [2.45, 2.75) is 273 Å². The number of hydrogen-bond donors (Lipinski definition) is 0. The van der Waals surface area contributed by atoms with E-state index in [1.165, 1.54) is 186 Å². The Bertz CT molecular complexity index is 762. The molecule has 0 aliphatic rings. The maximum Gasteiger partial charge on any atom is 0.305 e. The topological polar surface area (TPSA) is 52.6 Å². The Morgan fingerprint density at radius 2 is 0.648 bits per heavy atom. The van der Waals surface area contributed by atoms with E-state index in [0.717, 1.165) is 32.1 Å². The number of rotatable bonds is 41. The number of allylic oxidation sites excluding steroid dienone is 2. The van der Waals surface area contributed by atoms with Gasteiger partial charge >= 0.3 is 11.9 Å². The van der Waals surface area contributed by atoms with Crippen molar-refractivity contribution in [1.29, 1.82) is 0 Å². The minimum atomic E-state index is 0.00701. The fraction of sp³-hybridized carbons (Fsp3) is 0.920. The zero-order valence-corrected chi connectivity index (χ0v) is 37.8. The molecule has 0 saturated heterocycles. The van der Waals surface area contributed by atoms with E-state index in [-0.39, 0.29) is 11.9 Å². The van der Waals surface area contributed by atoms with E-state index < -0.39 is 0 Å². The summed E-state index contributed by atoms with van der Waals surface area (Å²) in [5.74, 6) is 1.14. The number of carbonyl (C=O) groups is 2. The zero-order valence-electron chi connectivity index (χ0n) is 37.8. The molecule has 0 amide bonds. The van der Waals surface area contributed by atoms with E-state index in [4.69, 9.17) is 9.47 Å². The number of ether oxygens (including phenoxy) is 2. The molecule has 0 heterocycles. The molecule has 0 radical (unpaired) electrons. The van der Waals surface area contributed by atoms with Gasteiger partial charge < -0.3 is 9.47 Å². The van der Waals surface area contributed by atoms with Gasteiger partial charge in [-0.3, -0.25) is 9.59 Å². The molecule has 0 aromatic carbocycles. The van der Waals surface area contributed by atoms with Crippen LogP contribution in [0, 0.1) is 11.8 Å². The standard InChI is InChI=1S/C26H50O2.C24H48O2/c1-4-7-9-10-11-12-13-14-15-16-17-18-19-20-21-23-26(27)28-24-25(6-3)22-8-5-2;1-4-7-9-10-11-12-13-14-15-16-17-18-19-21-24(25)26-22-23(6-3)20-8-5-2/h14-15,25H,4-13,16-24H2,1-3H3;23H,4-22H2,1-3H3. The predicted molar refractivity (Wildman–Crippen MR) is 238 cm³/mol. The van der Waals surface area contributed by atoms with Crippen LogP contribution < -0.4 is 0 Å². The van der Waals surface area contributed by atoms with Gasteiger partial charge in [0.25, 0.3) is 0 Å². The molecule has 0 bridgehead atoms. The number of esters is 2. The van der Waals surface area contributed by atoms with Gasteiger partial charge in [0.2, 0.25) is 0 Å². The minimum Gasteiger partial charge on any atom is -0.465 e. The summed E-state index contributed by atoms with van der Waals surface area (Å²) >= 11 is 0. The molecule has 0 rings (SSSR count). The van der Waals surface area contributed by atoms with Crippen LogP contribution in [-0.2, 0) is 19.1 Å². The largest absolute Gasteiger partial charge is 0.465 e. The van der Waals surface area contributed by atoms with Crippen LogP contribution in [0.4, 0.5) is 0 Å². The van der Waals surface area contributed by atoms with Crippen molar-refractivity contribution in [2.24, 2.45) is 11.8 Å². The summed E-state index contributed by atoms with van der Waals surface area (Å²) in [5, 5.41) is 0. The Labute approximate surface area is 339 Å². The van der Waals surface area contributed by atoms with Gasteiger partial charge in [0.15, 0.2) is 0 Å². The first-order valence-corrected chi connectivity index (χ1v) is 24.4. The summed E-state index contributed by atoms with van der Waals surface area (Å²) in [6, 6.07) is 0. The molecule has 0 N–H and O–H groups in total. The van der Waals surface area contributed by atoms with Gasteiger partial charge in [-0.1, -0.05) is 221 Å². The van der Waals surface area contributed by atoms with Crippen LogP contribution in [0.15, 0.2) is 12.2 Å². The normalized spacial score (nSPS) is 12.4. The molecule has 2 atom stereocenters. The van der Waals surface area contributed by atoms with E-state index in [1.54, 1.807) is 0 Å². The lowest BCUT2D eigenvalue weighted by molar-refractivity contribution is -0.146. The van der Waals surface area contributed by atoms with E-state index in [9.17, 15) is 9.59 Å². The lowest BCUT2D eigenvalue weighted by Gasteiger charge is -2.14. The first-order valence-electron chi connectivity index (χ1n) is 24.4. The fourth-order valence-corrected chi connectivity index (χ4v) is 6.99. The van der Waals surface area contributed by atoms with Crippen LogP contribution in [0.3, 0.4) is 0 Å². The van der Waals surface area contributed by atoms with E-state index >= 15 is 0 Å². The highest BCUT2D eigenvalue weighted by molar-refractivity contribution is 5.69. The van der Waals surface area contributed by atoms with Crippen molar-refractivity contribution in [3.63, 3.8) is 0 Å². The first-order chi connectivity index (χ1) is 26.5. The van der Waals surface area contributed by atoms with Gasteiger partial charge in [-0.05, 0) is 63.2 Å². The summed E-state index contributed by atoms with van der Waals surface area (Å²) in [7, 11) is 0. The third-order valence-corrected chi connectivity index (χ3v) is 11.2. The number of carbonyl (C=O) groups excluding carboxylic acids is 2. The smallest absolute Gasteiger partial charge is 0.305 e. The van der Waals surface area contributed by atoms with Crippen LogP contribution in [0.5, 0.6) is 0 Å². The van der Waals surface area contributed by atoms with Crippen LogP contribution in [0.1, 0.15) is 273 Å². The fourth-order valence-electron chi connectivity index (χ4n) is 6.99. The molecule has 0 aromatic heterocycles. The molecule has 0 aliphatic carbocycles. The highest BCUT2D eigenvalue weighted by Crippen LogP contribution is 2.17. The third kappa shape index (κ3) is 45.1. The maximum absolute atomic E-state index is 11.8. The molecule has 0 saturated carbocycles. The predicted octanol–water partition coefficient (Wildman–Crippen LogP) is 17.0. The summed E-state index contributed by atoms with van der Waals surface area (Å²) in [5.41, 5.74) is 0. The molecular formula is C50H98O4. The van der Waals surface area contributed by atoms with Gasteiger partial charge in [0, 0.05) is 12.8 Å². The quantitative estimate of drug-likeness (QED) is 0.0354.